The number of nitrogen functional groups attached to an aromatic ring is 1. The lowest BCUT2D eigenvalue weighted by Gasteiger charge is -2.28. The summed E-state index contributed by atoms with van der Waals surface area (Å²) in [5.41, 5.74) is 20.3. The van der Waals surface area contributed by atoms with Crippen LogP contribution in [0.5, 0.6) is 11.5 Å². The molecule has 0 heterocycles. The van der Waals surface area contributed by atoms with E-state index >= 15 is 0 Å². The SMILES string of the molecule is CCCCCN(c1ccc(/C=C(/C)CCc2ccc(OC)cc2)cc1)c1ccc(N(c2ccc(N)cc2)c2ccc(/C=C(/C)CCc3ccc(OC)cc3)cc2)cc1. The van der Waals surface area contributed by atoms with Crippen LogP contribution in [0.4, 0.5) is 34.1 Å². The molecule has 0 aliphatic rings. The summed E-state index contributed by atoms with van der Waals surface area (Å²) in [4.78, 5) is 4.75. The van der Waals surface area contributed by atoms with E-state index in [1.165, 1.54) is 57.6 Å². The molecule has 0 radical (unpaired) electrons. The molecule has 0 unspecified atom stereocenters. The number of rotatable bonds is 19. The van der Waals surface area contributed by atoms with Crippen molar-refractivity contribution in [1.29, 1.82) is 0 Å². The number of methoxy groups -OCH3 is 2. The van der Waals surface area contributed by atoms with E-state index in [-0.39, 0.29) is 0 Å². The van der Waals surface area contributed by atoms with Crippen molar-refractivity contribution in [1.82, 2.24) is 0 Å². The van der Waals surface area contributed by atoms with Crippen LogP contribution in [0.25, 0.3) is 12.2 Å². The second-order valence-corrected chi connectivity index (χ2v) is 15.2. The highest BCUT2D eigenvalue weighted by atomic mass is 16.5. The Morgan fingerprint density at radius 1 is 0.500 bits per heavy atom. The average molecular weight is 770 g/mol. The van der Waals surface area contributed by atoms with Crippen molar-refractivity contribution in [3.63, 3.8) is 0 Å². The van der Waals surface area contributed by atoms with Crippen LogP contribution >= 0.6 is 0 Å². The van der Waals surface area contributed by atoms with E-state index in [0.29, 0.717) is 0 Å². The van der Waals surface area contributed by atoms with Gasteiger partial charge in [-0.1, -0.05) is 91.6 Å². The third kappa shape index (κ3) is 11.7. The van der Waals surface area contributed by atoms with Gasteiger partial charge >= 0.3 is 0 Å². The molecule has 6 aromatic carbocycles. The van der Waals surface area contributed by atoms with Gasteiger partial charge in [-0.05, 0) is 165 Å². The lowest BCUT2D eigenvalue weighted by molar-refractivity contribution is 0.414. The van der Waals surface area contributed by atoms with Gasteiger partial charge in [0.05, 0.1) is 14.2 Å². The van der Waals surface area contributed by atoms with Gasteiger partial charge in [-0.25, -0.2) is 0 Å². The average Bonchev–Trinajstić information content (AvgIpc) is 3.26. The van der Waals surface area contributed by atoms with Crippen molar-refractivity contribution in [3.8, 4) is 11.5 Å². The molecule has 0 fully saturated rings. The van der Waals surface area contributed by atoms with Crippen LogP contribution in [0.1, 0.15) is 75.1 Å². The fourth-order valence-electron chi connectivity index (χ4n) is 7.23. The van der Waals surface area contributed by atoms with E-state index in [4.69, 9.17) is 15.2 Å². The van der Waals surface area contributed by atoms with Crippen molar-refractivity contribution < 1.29 is 9.47 Å². The molecule has 0 aromatic heterocycles. The molecule has 2 N–H and O–H groups in total. The van der Waals surface area contributed by atoms with Crippen molar-refractivity contribution in [2.75, 3.05) is 36.3 Å². The molecule has 0 amide bonds. The molecule has 58 heavy (non-hydrogen) atoms. The van der Waals surface area contributed by atoms with Crippen LogP contribution < -0.4 is 25.0 Å². The van der Waals surface area contributed by atoms with Crippen molar-refractivity contribution in [2.24, 2.45) is 0 Å². The first-order valence-electron chi connectivity index (χ1n) is 20.7. The van der Waals surface area contributed by atoms with Gasteiger partial charge in [0, 0.05) is 40.7 Å². The van der Waals surface area contributed by atoms with Gasteiger partial charge in [0.2, 0.25) is 0 Å². The Labute approximate surface area is 347 Å². The minimum Gasteiger partial charge on any atom is -0.497 e. The second-order valence-electron chi connectivity index (χ2n) is 15.2. The number of hydrogen-bond acceptors (Lipinski definition) is 5. The number of nitrogens with two attached hydrogens (primary N) is 1. The third-order valence-corrected chi connectivity index (χ3v) is 10.7. The topological polar surface area (TPSA) is 51.0 Å². The summed E-state index contributed by atoms with van der Waals surface area (Å²) < 4.78 is 10.6. The predicted molar refractivity (Wildman–Crippen MR) is 248 cm³/mol. The van der Waals surface area contributed by atoms with Crippen LogP contribution in [0.2, 0.25) is 0 Å². The number of aryl methyl sites for hydroxylation is 2. The number of hydrogen-bond donors (Lipinski definition) is 1. The molecule has 0 spiro atoms. The second kappa shape index (κ2) is 20.8. The Balaban J connectivity index is 1.18. The van der Waals surface area contributed by atoms with Gasteiger partial charge in [0.25, 0.3) is 0 Å². The van der Waals surface area contributed by atoms with Crippen LogP contribution in [-0.2, 0) is 12.8 Å². The number of nitrogens with zero attached hydrogens (tertiary/aromatic N) is 2. The van der Waals surface area contributed by atoms with E-state index in [1.807, 2.05) is 36.4 Å². The highest BCUT2D eigenvalue weighted by Crippen LogP contribution is 2.37. The van der Waals surface area contributed by atoms with Crippen LogP contribution in [0.3, 0.4) is 0 Å². The largest absolute Gasteiger partial charge is 0.497 e. The quantitative estimate of drug-likeness (QED) is 0.0657. The maximum atomic E-state index is 6.14. The lowest BCUT2D eigenvalue weighted by atomic mass is 10.0. The number of ether oxygens (including phenoxy) is 2. The molecule has 298 valence electrons. The van der Waals surface area contributed by atoms with Crippen LogP contribution in [0.15, 0.2) is 157 Å². The molecule has 5 nitrogen and oxygen atoms in total. The molecule has 5 heteroatoms. The molecular weight excluding hydrogens is 711 g/mol. The fraction of sp³-hybridized carbons (Fsp3) is 0.245. The zero-order chi connectivity index (χ0) is 40.7. The maximum Gasteiger partial charge on any atom is 0.118 e. The summed E-state index contributed by atoms with van der Waals surface area (Å²) in [5, 5.41) is 0. The van der Waals surface area contributed by atoms with Crippen molar-refractivity contribution in [2.45, 2.75) is 65.7 Å². The normalized spacial score (nSPS) is 11.7. The zero-order valence-electron chi connectivity index (χ0n) is 35.0. The third-order valence-electron chi connectivity index (χ3n) is 10.7. The smallest absolute Gasteiger partial charge is 0.118 e. The molecule has 0 atom stereocenters. The van der Waals surface area contributed by atoms with Crippen LogP contribution in [-0.4, -0.2) is 20.8 Å². The van der Waals surface area contributed by atoms with Gasteiger partial charge in [0.1, 0.15) is 11.5 Å². The monoisotopic (exact) mass is 769 g/mol. The van der Waals surface area contributed by atoms with Gasteiger partial charge < -0.3 is 25.0 Å². The summed E-state index contributed by atoms with van der Waals surface area (Å²) in [6.07, 6.45) is 12.1. The molecule has 0 bridgehead atoms. The first-order chi connectivity index (χ1) is 28.3. The Morgan fingerprint density at radius 3 is 1.29 bits per heavy atom. The van der Waals surface area contributed by atoms with Crippen molar-refractivity contribution in [3.05, 3.63) is 179 Å². The van der Waals surface area contributed by atoms with Gasteiger partial charge in [-0.3, -0.25) is 0 Å². The molecule has 0 saturated heterocycles. The van der Waals surface area contributed by atoms with E-state index in [1.54, 1.807) is 14.2 Å². The number of unbranched alkanes of at least 4 members (excludes halogenated alkanes) is 2. The molecule has 0 aliphatic carbocycles. The number of anilines is 6. The number of allylic oxidation sites excluding steroid dienone is 2. The molecular formula is C53H59N3O2. The predicted octanol–water partition coefficient (Wildman–Crippen LogP) is 14.2. The summed E-state index contributed by atoms with van der Waals surface area (Å²) >= 11 is 0. The first kappa shape index (κ1) is 41.4. The molecule has 6 aromatic rings. The van der Waals surface area contributed by atoms with Gasteiger partial charge in [-0.15, -0.1) is 0 Å². The fourth-order valence-corrected chi connectivity index (χ4v) is 7.23. The highest BCUT2D eigenvalue weighted by molar-refractivity contribution is 5.79. The summed E-state index contributed by atoms with van der Waals surface area (Å²) in [7, 11) is 3.41. The minimum atomic E-state index is 0.748. The summed E-state index contributed by atoms with van der Waals surface area (Å²) in [6, 6.07) is 51.7. The summed E-state index contributed by atoms with van der Waals surface area (Å²) in [5.74, 6) is 1.79. The van der Waals surface area contributed by atoms with E-state index < -0.39 is 0 Å². The highest BCUT2D eigenvalue weighted by Gasteiger charge is 2.15. The van der Waals surface area contributed by atoms with Crippen LogP contribution in [0, 0.1) is 0 Å². The van der Waals surface area contributed by atoms with Gasteiger partial charge in [0.15, 0.2) is 0 Å². The Kier molecular flexibility index (Phi) is 14.9. The van der Waals surface area contributed by atoms with Gasteiger partial charge in [-0.2, -0.15) is 0 Å². The molecule has 0 saturated carbocycles. The number of benzene rings is 6. The summed E-state index contributed by atoms with van der Waals surface area (Å²) in [6.45, 7) is 7.66. The van der Waals surface area contributed by atoms with E-state index in [2.05, 4.69) is 152 Å². The Bertz CT molecular complexity index is 2200. The lowest BCUT2D eigenvalue weighted by Crippen LogP contribution is -2.18. The van der Waals surface area contributed by atoms with Crippen molar-refractivity contribution >= 4 is 46.3 Å². The first-order valence-corrected chi connectivity index (χ1v) is 20.7. The standard InChI is InChI=1S/C53H59N3O2/c1-6-7-8-37-55(47-23-13-44(14-24-47)38-40(2)9-11-42-17-33-52(57-4)34-18-42)48-29-31-51(32-30-48)56(50-27-21-46(54)22-28-50)49-25-15-45(16-26-49)39-41(3)10-12-43-19-35-53(58-5)36-20-43/h13-36,38-39H,6-12,37,54H2,1-5H3/b40-38-,41-39-. The Morgan fingerprint density at radius 2 is 0.879 bits per heavy atom. The maximum absolute atomic E-state index is 6.14. The molecule has 0 aliphatic heterocycles. The van der Waals surface area contributed by atoms with E-state index in [9.17, 15) is 0 Å². The zero-order valence-corrected chi connectivity index (χ0v) is 35.0. The van der Waals surface area contributed by atoms with E-state index in [0.717, 1.165) is 72.9 Å². The minimum absolute atomic E-state index is 0.748. The Hall–Kier alpha value is -6.20. The molecule has 6 rings (SSSR count).